The smallest absolute Gasteiger partial charge is 0.270 e. The van der Waals surface area contributed by atoms with Gasteiger partial charge in [-0.15, -0.1) is 0 Å². The van der Waals surface area contributed by atoms with Gasteiger partial charge in [0, 0.05) is 17.8 Å². The van der Waals surface area contributed by atoms with Crippen LogP contribution in [-0.4, -0.2) is 26.5 Å². The summed E-state index contributed by atoms with van der Waals surface area (Å²) in [5.74, 6) is -0.0886. The molecule has 1 aliphatic carbocycles. The molecule has 0 spiro atoms. The van der Waals surface area contributed by atoms with Gasteiger partial charge in [0.15, 0.2) is 5.65 Å². The van der Waals surface area contributed by atoms with Crippen LogP contribution in [0, 0.1) is 6.92 Å². The first-order valence-electron chi connectivity index (χ1n) is 5.36. The average molecular weight is 216 g/mol. The lowest BCUT2D eigenvalue weighted by atomic mass is 10.3. The summed E-state index contributed by atoms with van der Waals surface area (Å²) in [6.07, 6.45) is 3.84. The SMILES string of the molecule is Cc1cc(C(=O)NC2CC2)nc2ccnn12. The molecule has 2 aromatic heterocycles. The highest BCUT2D eigenvalue weighted by molar-refractivity contribution is 5.93. The Bertz CT molecular complexity index is 556. The lowest BCUT2D eigenvalue weighted by molar-refractivity contribution is 0.0946. The molecule has 82 valence electrons. The Morgan fingerprint density at radius 2 is 2.38 bits per heavy atom. The van der Waals surface area contributed by atoms with Gasteiger partial charge in [-0.2, -0.15) is 5.10 Å². The van der Waals surface area contributed by atoms with Crippen molar-refractivity contribution >= 4 is 11.6 Å². The van der Waals surface area contributed by atoms with E-state index < -0.39 is 0 Å². The summed E-state index contributed by atoms with van der Waals surface area (Å²) in [4.78, 5) is 16.1. The molecule has 2 aromatic rings. The number of fused-ring (bicyclic) bond motifs is 1. The summed E-state index contributed by atoms with van der Waals surface area (Å²) < 4.78 is 1.72. The second-order valence-corrected chi connectivity index (χ2v) is 4.13. The summed E-state index contributed by atoms with van der Waals surface area (Å²) in [7, 11) is 0. The number of rotatable bonds is 2. The highest BCUT2D eigenvalue weighted by atomic mass is 16.2. The van der Waals surface area contributed by atoms with Crippen LogP contribution in [0.25, 0.3) is 5.65 Å². The summed E-state index contributed by atoms with van der Waals surface area (Å²) in [6, 6.07) is 3.91. The number of aryl methyl sites for hydroxylation is 1. The Labute approximate surface area is 92.5 Å². The monoisotopic (exact) mass is 216 g/mol. The Balaban J connectivity index is 1.99. The van der Waals surface area contributed by atoms with Crippen molar-refractivity contribution in [1.82, 2.24) is 19.9 Å². The standard InChI is InChI=1S/C11H12N4O/c1-7-6-9(11(16)13-8-2-3-8)14-10-4-5-12-15(7)10/h4-6,8H,2-3H2,1H3,(H,13,16). The second kappa shape index (κ2) is 3.30. The lowest BCUT2D eigenvalue weighted by Gasteiger charge is -2.04. The van der Waals surface area contributed by atoms with Crippen LogP contribution < -0.4 is 5.32 Å². The maximum absolute atomic E-state index is 11.8. The first-order chi connectivity index (χ1) is 7.74. The van der Waals surface area contributed by atoms with E-state index in [-0.39, 0.29) is 5.91 Å². The molecule has 0 aromatic carbocycles. The van der Waals surface area contributed by atoms with Crippen molar-refractivity contribution in [2.24, 2.45) is 0 Å². The molecule has 1 aliphatic rings. The fourth-order valence-electron chi connectivity index (χ4n) is 1.67. The Kier molecular flexibility index (Phi) is 1.92. The van der Waals surface area contributed by atoms with E-state index in [4.69, 9.17) is 0 Å². The molecule has 0 aliphatic heterocycles. The molecular formula is C11H12N4O. The predicted octanol–water partition coefficient (Wildman–Crippen LogP) is 0.930. The van der Waals surface area contributed by atoms with Gasteiger partial charge in [-0.1, -0.05) is 0 Å². The average Bonchev–Trinajstić information content (AvgIpc) is 2.94. The molecule has 2 heterocycles. The zero-order valence-corrected chi connectivity index (χ0v) is 8.97. The molecule has 5 heteroatoms. The van der Waals surface area contributed by atoms with Crippen molar-refractivity contribution in [3.8, 4) is 0 Å². The van der Waals surface area contributed by atoms with E-state index in [0.717, 1.165) is 18.5 Å². The van der Waals surface area contributed by atoms with E-state index in [1.807, 2.05) is 6.92 Å². The highest BCUT2D eigenvalue weighted by Crippen LogP contribution is 2.19. The predicted molar refractivity (Wildman–Crippen MR) is 58.2 cm³/mol. The molecule has 1 saturated carbocycles. The fourth-order valence-corrected chi connectivity index (χ4v) is 1.67. The Morgan fingerprint density at radius 3 is 3.12 bits per heavy atom. The van der Waals surface area contributed by atoms with Crippen molar-refractivity contribution in [2.45, 2.75) is 25.8 Å². The van der Waals surface area contributed by atoms with E-state index in [1.54, 1.807) is 22.8 Å². The number of carbonyl (C=O) groups is 1. The molecule has 0 radical (unpaired) electrons. The highest BCUT2D eigenvalue weighted by Gasteiger charge is 2.24. The van der Waals surface area contributed by atoms with Gasteiger partial charge < -0.3 is 5.32 Å². The maximum atomic E-state index is 11.8. The molecule has 16 heavy (non-hydrogen) atoms. The van der Waals surface area contributed by atoms with Crippen molar-refractivity contribution in [1.29, 1.82) is 0 Å². The summed E-state index contributed by atoms with van der Waals surface area (Å²) in [6.45, 7) is 1.91. The van der Waals surface area contributed by atoms with E-state index in [2.05, 4.69) is 15.4 Å². The van der Waals surface area contributed by atoms with E-state index in [0.29, 0.717) is 17.4 Å². The molecular weight excluding hydrogens is 204 g/mol. The summed E-state index contributed by atoms with van der Waals surface area (Å²) >= 11 is 0. The van der Waals surface area contributed by atoms with Crippen LogP contribution >= 0.6 is 0 Å². The number of aromatic nitrogens is 3. The van der Waals surface area contributed by atoms with Crippen molar-refractivity contribution in [3.05, 3.63) is 29.7 Å². The Morgan fingerprint density at radius 1 is 1.56 bits per heavy atom. The topological polar surface area (TPSA) is 59.3 Å². The second-order valence-electron chi connectivity index (χ2n) is 4.13. The minimum atomic E-state index is -0.0886. The first-order valence-corrected chi connectivity index (χ1v) is 5.36. The molecule has 0 saturated heterocycles. The van der Waals surface area contributed by atoms with Gasteiger partial charge in [0.25, 0.3) is 5.91 Å². The molecule has 1 fully saturated rings. The maximum Gasteiger partial charge on any atom is 0.270 e. The third-order valence-corrected chi connectivity index (χ3v) is 2.68. The van der Waals surface area contributed by atoms with Gasteiger partial charge in [0.05, 0.1) is 6.20 Å². The molecule has 3 rings (SSSR count). The van der Waals surface area contributed by atoms with Gasteiger partial charge in [-0.3, -0.25) is 4.79 Å². The quantitative estimate of drug-likeness (QED) is 0.812. The summed E-state index contributed by atoms with van der Waals surface area (Å²) in [5.41, 5.74) is 2.09. The van der Waals surface area contributed by atoms with E-state index in [9.17, 15) is 4.79 Å². The van der Waals surface area contributed by atoms with Crippen LogP contribution in [-0.2, 0) is 0 Å². The minimum Gasteiger partial charge on any atom is -0.348 e. The van der Waals surface area contributed by atoms with Crippen LogP contribution in [0.15, 0.2) is 18.3 Å². The van der Waals surface area contributed by atoms with Gasteiger partial charge in [-0.05, 0) is 25.8 Å². The third-order valence-electron chi connectivity index (χ3n) is 2.68. The van der Waals surface area contributed by atoms with Crippen LogP contribution in [0.2, 0.25) is 0 Å². The van der Waals surface area contributed by atoms with E-state index in [1.165, 1.54) is 0 Å². The number of hydrogen-bond acceptors (Lipinski definition) is 3. The third kappa shape index (κ3) is 1.54. The van der Waals surface area contributed by atoms with Crippen molar-refractivity contribution < 1.29 is 4.79 Å². The van der Waals surface area contributed by atoms with Gasteiger partial charge >= 0.3 is 0 Å². The van der Waals surface area contributed by atoms with Crippen molar-refractivity contribution in [3.63, 3.8) is 0 Å². The minimum absolute atomic E-state index is 0.0886. The largest absolute Gasteiger partial charge is 0.348 e. The summed E-state index contributed by atoms with van der Waals surface area (Å²) in [5, 5.41) is 7.04. The number of carbonyl (C=O) groups excluding carboxylic acids is 1. The Hall–Kier alpha value is -1.91. The molecule has 1 N–H and O–H groups in total. The first kappa shape index (κ1) is 9.33. The number of hydrogen-bond donors (Lipinski definition) is 1. The number of nitrogens with zero attached hydrogens (tertiary/aromatic N) is 3. The molecule has 1 amide bonds. The number of amides is 1. The zero-order valence-electron chi connectivity index (χ0n) is 8.97. The van der Waals surface area contributed by atoms with Crippen molar-refractivity contribution in [2.75, 3.05) is 0 Å². The normalized spacial score (nSPS) is 15.3. The van der Waals surface area contributed by atoms with Crippen LogP contribution in [0.5, 0.6) is 0 Å². The zero-order chi connectivity index (χ0) is 11.1. The van der Waals surface area contributed by atoms with Crippen LogP contribution in [0.1, 0.15) is 29.0 Å². The molecule has 0 unspecified atom stereocenters. The van der Waals surface area contributed by atoms with Crippen LogP contribution in [0.3, 0.4) is 0 Å². The lowest BCUT2D eigenvalue weighted by Crippen LogP contribution is -2.26. The number of nitrogens with one attached hydrogen (secondary N) is 1. The van der Waals surface area contributed by atoms with Gasteiger partial charge in [0.1, 0.15) is 5.69 Å². The molecule has 0 bridgehead atoms. The van der Waals surface area contributed by atoms with Gasteiger partial charge in [0.2, 0.25) is 0 Å². The molecule has 0 atom stereocenters. The molecule has 5 nitrogen and oxygen atoms in total. The fraction of sp³-hybridized carbons (Fsp3) is 0.364. The van der Waals surface area contributed by atoms with E-state index >= 15 is 0 Å². The van der Waals surface area contributed by atoms with Gasteiger partial charge in [-0.25, -0.2) is 9.50 Å². The van der Waals surface area contributed by atoms with Crippen LogP contribution in [0.4, 0.5) is 0 Å².